The van der Waals surface area contributed by atoms with Crippen molar-refractivity contribution < 1.29 is 14.3 Å². The second-order valence-electron chi connectivity index (χ2n) is 8.64. The van der Waals surface area contributed by atoms with Crippen LogP contribution in [0.1, 0.15) is 43.4 Å². The van der Waals surface area contributed by atoms with E-state index in [1.165, 1.54) is 7.11 Å². The summed E-state index contributed by atoms with van der Waals surface area (Å²) in [5.74, 6) is 1.10. The van der Waals surface area contributed by atoms with Crippen molar-refractivity contribution in [2.45, 2.75) is 44.7 Å². The van der Waals surface area contributed by atoms with Gasteiger partial charge in [0.2, 0.25) is 5.88 Å². The molecule has 0 bridgehead atoms. The number of nitrogens with one attached hydrogen (secondary N) is 2. The molecule has 182 valence electrons. The summed E-state index contributed by atoms with van der Waals surface area (Å²) in [5, 5.41) is 21.1. The van der Waals surface area contributed by atoms with Crippen molar-refractivity contribution in [1.29, 1.82) is 5.26 Å². The Morgan fingerprint density at radius 2 is 2.03 bits per heavy atom. The summed E-state index contributed by atoms with van der Waals surface area (Å²) >= 11 is 0. The number of methoxy groups -OCH3 is 1. The van der Waals surface area contributed by atoms with Crippen LogP contribution in [0.15, 0.2) is 42.9 Å². The standard InChI is InChI=1S/C24H26N6O.C2H4O2/c1-16-4-5-21-22(29-16)7-6-20(23(21)31-24-17(13-25)3-2-10-27-24)18-14-28-30(15-18)19-8-11-26-12-9-19;1-4-2-3/h2-3,6-7,10,14-16,19,26,29H,4-5,8-9,11-12H2,1H3;2H,1H3/t16-;/m0./s1. The van der Waals surface area contributed by atoms with Gasteiger partial charge in [0, 0.05) is 40.8 Å². The zero-order chi connectivity index (χ0) is 24.6. The third-order valence-corrected chi connectivity index (χ3v) is 6.27. The number of hydrogen-bond acceptors (Lipinski definition) is 8. The molecule has 2 aliphatic heterocycles. The van der Waals surface area contributed by atoms with Crippen LogP contribution in [0.3, 0.4) is 0 Å². The largest absolute Gasteiger partial charge is 0.471 e. The SMILES string of the molecule is COC=O.C[C@H]1CCc2c(ccc(-c3cnn(C4CCNCC4)c3)c2Oc2ncccc2C#N)N1. The molecule has 2 aliphatic rings. The fourth-order valence-electron chi connectivity index (χ4n) is 4.46. The molecule has 1 saturated heterocycles. The molecule has 9 nitrogen and oxygen atoms in total. The molecule has 4 heterocycles. The first-order valence-electron chi connectivity index (χ1n) is 11.8. The van der Waals surface area contributed by atoms with Gasteiger partial charge in [0.25, 0.3) is 6.47 Å². The van der Waals surface area contributed by atoms with Gasteiger partial charge in [-0.2, -0.15) is 10.4 Å². The minimum absolute atomic E-state index is 0.337. The topological polar surface area (TPSA) is 114 Å². The zero-order valence-corrected chi connectivity index (χ0v) is 20.0. The van der Waals surface area contributed by atoms with Crippen molar-refractivity contribution in [3.05, 3.63) is 54.0 Å². The van der Waals surface area contributed by atoms with E-state index in [0.717, 1.165) is 66.9 Å². The summed E-state index contributed by atoms with van der Waals surface area (Å²) in [6, 6.07) is 10.7. The van der Waals surface area contributed by atoms with Crippen molar-refractivity contribution in [3.63, 3.8) is 0 Å². The van der Waals surface area contributed by atoms with Gasteiger partial charge in [-0.1, -0.05) is 0 Å². The Morgan fingerprint density at radius 3 is 2.77 bits per heavy atom. The molecule has 0 saturated carbocycles. The number of carbonyl (C=O) groups excluding carboxylic acids is 1. The van der Waals surface area contributed by atoms with Gasteiger partial charge in [-0.3, -0.25) is 9.48 Å². The molecule has 1 aromatic carbocycles. The van der Waals surface area contributed by atoms with Gasteiger partial charge in [-0.25, -0.2) is 4.98 Å². The van der Waals surface area contributed by atoms with Gasteiger partial charge in [0.15, 0.2) is 0 Å². The van der Waals surface area contributed by atoms with Crippen molar-refractivity contribution in [3.8, 4) is 28.8 Å². The van der Waals surface area contributed by atoms with Gasteiger partial charge < -0.3 is 20.1 Å². The number of benzene rings is 1. The number of ether oxygens (including phenoxy) is 2. The molecule has 0 amide bonds. The predicted octanol–water partition coefficient (Wildman–Crippen LogP) is 4.07. The Kier molecular flexibility index (Phi) is 7.95. The van der Waals surface area contributed by atoms with Crippen LogP contribution in [0, 0.1) is 11.3 Å². The van der Waals surface area contributed by atoms with Gasteiger partial charge in [-0.05, 0) is 70.0 Å². The van der Waals surface area contributed by atoms with Crippen LogP contribution in [-0.4, -0.2) is 47.5 Å². The Morgan fingerprint density at radius 1 is 1.23 bits per heavy atom. The summed E-state index contributed by atoms with van der Waals surface area (Å²) in [4.78, 5) is 13.3. The number of hydrogen-bond donors (Lipinski definition) is 2. The highest BCUT2D eigenvalue weighted by Gasteiger charge is 2.24. The van der Waals surface area contributed by atoms with Crippen molar-refractivity contribution in [2.24, 2.45) is 0 Å². The molecule has 35 heavy (non-hydrogen) atoms. The molecule has 1 atom stereocenters. The Bertz CT molecular complexity index is 1200. The molecule has 1 fully saturated rings. The average molecular weight is 475 g/mol. The Balaban J connectivity index is 0.000000672. The fourth-order valence-corrected chi connectivity index (χ4v) is 4.46. The lowest BCUT2D eigenvalue weighted by atomic mass is 9.94. The van der Waals surface area contributed by atoms with E-state index in [0.29, 0.717) is 30.0 Å². The number of anilines is 1. The van der Waals surface area contributed by atoms with Crippen molar-refractivity contribution >= 4 is 12.2 Å². The predicted molar refractivity (Wildman–Crippen MR) is 132 cm³/mol. The molecular formula is C26H30N6O3. The molecule has 9 heteroatoms. The van der Waals surface area contributed by atoms with E-state index in [-0.39, 0.29) is 0 Å². The van der Waals surface area contributed by atoms with E-state index in [1.54, 1.807) is 18.3 Å². The van der Waals surface area contributed by atoms with Crippen molar-refractivity contribution in [1.82, 2.24) is 20.1 Å². The first-order chi connectivity index (χ1) is 17.1. The van der Waals surface area contributed by atoms with Crippen LogP contribution < -0.4 is 15.4 Å². The lowest BCUT2D eigenvalue weighted by molar-refractivity contribution is -0.126. The monoisotopic (exact) mass is 474 g/mol. The highest BCUT2D eigenvalue weighted by atomic mass is 16.5. The summed E-state index contributed by atoms with van der Waals surface area (Å²) in [7, 11) is 1.31. The number of piperidine rings is 1. The van der Waals surface area contributed by atoms with E-state index >= 15 is 0 Å². The first kappa shape index (κ1) is 24.2. The highest BCUT2D eigenvalue weighted by Crippen LogP contribution is 2.43. The number of nitriles is 1. The number of nitrogens with zero attached hydrogens (tertiary/aromatic N) is 4. The van der Waals surface area contributed by atoms with Gasteiger partial charge in [-0.15, -0.1) is 0 Å². The van der Waals surface area contributed by atoms with Crippen LogP contribution in [-0.2, 0) is 16.0 Å². The smallest absolute Gasteiger partial charge is 0.292 e. The lowest BCUT2D eigenvalue weighted by Crippen LogP contribution is -2.29. The summed E-state index contributed by atoms with van der Waals surface area (Å²) in [6.07, 6.45) is 9.77. The van der Waals surface area contributed by atoms with Crippen LogP contribution in [0.5, 0.6) is 11.6 Å². The van der Waals surface area contributed by atoms with Crippen LogP contribution in [0.4, 0.5) is 5.69 Å². The summed E-state index contributed by atoms with van der Waals surface area (Å²) in [6.45, 7) is 4.61. The second kappa shape index (κ2) is 11.5. The molecule has 2 aromatic heterocycles. The highest BCUT2D eigenvalue weighted by molar-refractivity contribution is 5.77. The maximum absolute atomic E-state index is 9.50. The second-order valence-corrected chi connectivity index (χ2v) is 8.64. The Hall–Kier alpha value is -3.90. The minimum Gasteiger partial charge on any atom is -0.471 e. The van der Waals surface area contributed by atoms with Gasteiger partial charge >= 0.3 is 0 Å². The number of rotatable bonds is 5. The summed E-state index contributed by atoms with van der Waals surface area (Å²) < 4.78 is 12.3. The quantitative estimate of drug-likeness (QED) is 0.532. The van der Waals surface area contributed by atoms with E-state index in [2.05, 4.69) is 61.5 Å². The number of fused-ring (bicyclic) bond motifs is 1. The van der Waals surface area contributed by atoms with E-state index in [4.69, 9.17) is 9.53 Å². The Labute approximate surface area is 205 Å². The molecule has 0 spiro atoms. The van der Waals surface area contributed by atoms with E-state index in [9.17, 15) is 5.26 Å². The molecule has 0 unspecified atom stereocenters. The van der Waals surface area contributed by atoms with Crippen LogP contribution in [0.2, 0.25) is 0 Å². The minimum atomic E-state index is 0.337. The number of pyridine rings is 1. The third kappa shape index (κ3) is 5.61. The number of aromatic nitrogens is 3. The normalized spacial score (nSPS) is 17.1. The molecule has 2 N–H and O–H groups in total. The maximum Gasteiger partial charge on any atom is 0.292 e. The third-order valence-electron chi connectivity index (χ3n) is 6.27. The summed E-state index contributed by atoms with van der Waals surface area (Å²) in [5.41, 5.74) is 4.63. The molecule has 0 aliphatic carbocycles. The van der Waals surface area contributed by atoms with Gasteiger partial charge in [0.05, 0.1) is 19.3 Å². The molecule has 3 aromatic rings. The van der Waals surface area contributed by atoms with Crippen molar-refractivity contribution in [2.75, 3.05) is 25.5 Å². The maximum atomic E-state index is 9.50. The fraction of sp³-hybridized carbons (Fsp3) is 0.385. The lowest BCUT2D eigenvalue weighted by Gasteiger charge is -2.27. The number of carbonyl (C=O) groups is 1. The van der Waals surface area contributed by atoms with E-state index < -0.39 is 0 Å². The average Bonchev–Trinajstić information content (AvgIpc) is 3.40. The first-order valence-corrected chi connectivity index (χ1v) is 11.8. The van der Waals surface area contributed by atoms with E-state index in [1.807, 2.05) is 6.20 Å². The molecule has 5 rings (SSSR count). The van der Waals surface area contributed by atoms with Crippen LogP contribution >= 0.6 is 0 Å². The molecule has 0 radical (unpaired) electrons. The zero-order valence-electron chi connectivity index (χ0n) is 20.0. The van der Waals surface area contributed by atoms with Crippen LogP contribution in [0.25, 0.3) is 11.1 Å². The van der Waals surface area contributed by atoms with Gasteiger partial charge in [0.1, 0.15) is 17.4 Å². The molecular weight excluding hydrogens is 444 g/mol.